The van der Waals surface area contributed by atoms with Gasteiger partial charge in [0.1, 0.15) is 5.75 Å². The lowest BCUT2D eigenvalue weighted by Gasteiger charge is -2.15. The van der Waals surface area contributed by atoms with Gasteiger partial charge in [-0.1, -0.05) is 24.3 Å². The lowest BCUT2D eigenvalue weighted by atomic mass is 10.1. The zero-order valence-corrected chi connectivity index (χ0v) is 11.0. The van der Waals surface area contributed by atoms with Crippen molar-refractivity contribution in [2.75, 3.05) is 18.2 Å². The first-order valence-electron chi connectivity index (χ1n) is 6.53. The zero-order valence-electron chi connectivity index (χ0n) is 11.0. The Labute approximate surface area is 113 Å². The van der Waals surface area contributed by atoms with Crippen molar-refractivity contribution in [1.82, 2.24) is 0 Å². The fourth-order valence-corrected chi connectivity index (χ4v) is 2.70. The normalized spacial score (nSPS) is 14.2. The first-order valence-corrected chi connectivity index (χ1v) is 6.53. The van der Waals surface area contributed by atoms with Crippen LogP contribution in [0.5, 0.6) is 5.75 Å². The Kier molecular flexibility index (Phi) is 3.03. The maximum Gasteiger partial charge on any atom is 0.143 e. The third-order valence-electron chi connectivity index (χ3n) is 3.66. The van der Waals surface area contributed by atoms with Crippen LogP contribution in [0, 0.1) is 0 Å². The van der Waals surface area contributed by atoms with Crippen LogP contribution in [0.2, 0.25) is 0 Å². The zero-order chi connectivity index (χ0) is 13.2. The molecule has 2 aromatic carbocycles. The van der Waals surface area contributed by atoms with E-state index in [0.717, 1.165) is 24.3 Å². The quantitative estimate of drug-likeness (QED) is 0.828. The Morgan fingerprint density at radius 3 is 2.42 bits per heavy atom. The smallest absolute Gasteiger partial charge is 0.143 e. The largest absolute Gasteiger partial charge is 0.495 e. The maximum atomic E-state index is 5.82. The SMILES string of the molecule is COc1cc(NC2Cc3ccccc3C2)ccc1N. The Morgan fingerprint density at radius 1 is 1.11 bits per heavy atom. The van der Waals surface area contributed by atoms with E-state index in [-0.39, 0.29) is 0 Å². The standard InChI is InChI=1S/C16H18N2O/c1-19-16-10-13(6-7-15(16)17)18-14-8-11-4-2-3-5-12(11)9-14/h2-7,10,14,18H,8-9,17H2,1H3. The van der Waals surface area contributed by atoms with Crippen LogP contribution >= 0.6 is 0 Å². The number of nitrogens with one attached hydrogen (secondary N) is 1. The summed E-state index contributed by atoms with van der Waals surface area (Å²) in [5.41, 5.74) is 10.4. The molecule has 98 valence electrons. The molecule has 3 nitrogen and oxygen atoms in total. The van der Waals surface area contributed by atoms with Crippen LogP contribution in [0.25, 0.3) is 0 Å². The van der Waals surface area contributed by atoms with E-state index in [1.54, 1.807) is 7.11 Å². The van der Waals surface area contributed by atoms with E-state index in [1.807, 2.05) is 18.2 Å². The first kappa shape index (κ1) is 11.9. The molecule has 19 heavy (non-hydrogen) atoms. The number of hydrogen-bond acceptors (Lipinski definition) is 3. The van der Waals surface area contributed by atoms with Crippen LogP contribution in [0.1, 0.15) is 11.1 Å². The summed E-state index contributed by atoms with van der Waals surface area (Å²) in [6, 6.07) is 14.9. The number of methoxy groups -OCH3 is 1. The van der Waals surface area contributed by atoms with Crippen molar-refractivity contribution in [2.45, 2.75) is 18.9 Å². The number of ether oxygens (including phenoxy) is 1. The Bertz CT molecular complexity index is 570. The molecule has 0 spiro atoms. The summed E-state index contributed by atoms with van der Waals surface area (Å²) >= 11 is 0. The van der Waals surface area contributed by atoms with Crippen molar-refractivity contribution in [1.29, 1.82) is 0 Å². The molecule has 0 amide bonds. The van der Waals surface area contributed by atoms with E-state index in [0.29, 0.717) is 11.7 Å². The lowest BCUT2D eigenvalue weighted by molar-refractivity contribution is 0.417. The van der Waals surface area contributed by atoms with Gasteiger partial charge in [0.2, 0.25) is 0 Å². The minimum atomic E-state index is 0.450. The highest BCUT2D eigenvalue weighted by molar-refractivity contribution is 5.62. The molecule has 0 radical (unpaired) electrons. The average Bonchev–Trinajstić information content (AvgIpc) is 2.83. The summed E-state index contributed by atoms with van der Waals surface area (Å²) in [4.78, 5) is 0. The number of anilines is 2. The van der Waals surface area contributed by atoms with Crippen molar-refractivity contribution in [3.63, 3.8) is 0 Å². The molecular weight excluding hydrogens is 236 g/mol. The number of rotatable bonds is 3. The second-order valence-corrected chi connectivity index (χ2v) is 4.97. The number of hydrogen-bond donors (Lipinski definition) is 2. The van der Waals surface area contributed by atoms with Crippen molar-refractivity contribution >= 4 is 11.4 Å². The average molecular weight is 254 g/mol. The van der Waals surface area contributed by atoms with E-state index in [4.69, 9.17) is 10.5 Å². The van der Waals surface area contributed by atoms with Crippen molar-refractivity contribution in [2.24, 2.45) is 0 Å². The molecule has 3 rings (SSSR count). The van der Waals surface area contributed by atoms with Crippen LogP contribution in [0.4, 0.5) is 11.4 Å². The van der Waals surface area contributed by atoms with Gasteiger partial charge in [-0.05, 0) is 36.1 Å². The summed E-state index contributed by atoms with van der Waals surface area (Å²) in [5.74, 6) is 0.723. The van der Waals surface area contributed by atoms with Crippen molar-refractivity contribution in [3.8, 4) is 5.75 Å². The summed E-state index contributed by atoms with van der Waals surface area (Å²) in [7, 11) is 1.64. The van der Waals surface area contributed by atoms with Crippen LogP contribution in [0.15, 0.2) is 42.5 Å². The van der Waals surface area contributed by atoms with E-state index < -0.39 is 0 Å². The van der Waals surface area contributed by atoms with Crippen LogP contribution in [-0.4, -0.2) is 13.2 Å². The summed E-state index contributed by atoms with van der Waals surface area (Å²) < 4.78 is 5.25. The molecule has 0 saturated carbocycles. The minimum absolute atomic E-state index is 0.450. The van der Waals surface area contributed by atoms with E-state index in [2.05, 4.69) is 29.6 Å². The Balaban J connectivity index is 1.74. The molecule has 0 aromatic heterocycles. The predicted octanol–water partition coefficient (Wildman–Crippen LogP) is 2.86. The van der Waals surface area contributed by atoms with Gasteiger partial charge in [-0.25, -0.2) is 0 Å². The first-order chi connectivity index (χ1) is 9.26. The van der Waals surface area contributed by atoms with Gasteiger partial charge in [0, 0.05) is 17.8 Å². The molecule has 0 aliphatic heterocycles. The predicted molar refractivity (Wildman–Crippen MR) is 78.7 cm³/mol. The summed E-state index contributed by atoms with van der Waals surface area (Å²) in [5, 5.41) is 3.55. The minimum Gasteiger partial charge on any atom is -0.495 e. The van der Waals surface area contributed by atoms with Gasteiger partial charge < -0.3 is 15.8 Å². The third-order valence-corrected chi connectivity index (χ3v) is 3.66. The molecule has 0 atom stereocenters. The molecule has 3 heteroatoms. The van der Waals surface area contributed by atoms with Crippen molar-refractivity contribution in [3.05, 3.63) is 53.6 Å². The summed E-state index contributed by atoms with van der Waals surface area (Å²) in [6.45, 7) is 0. The number of nitrogens with two attached hydrogens (primary N) is 1. The van der Waals surface area contributed by atoms with E-state index in [1.165, 1.54) is 11.1 Å². The van der Waals surface area contributed by atoms with Gasteiger partial charge in [-0.2, -0.15) is 0 Å². The second-order valence-electron chi connectivity index (χ2n) is 4.97. The number of benzene rings is 2. The maximum absolute atomic E-state index is 5.82. The second kappa shape index (κ2) is 4.84. The third kappa shape index (κ3) is 2.36. The van der Waals surface area contributed by atoms with Gasteiger partial charge in [-0.15, -0.1) is 0 Å². The Morgan fingerprint density at radius 2 is 1.79 bits per heavy atom. The van der Waals surface area contributed by atoms with Gasteiger partial charge >= 0.3 is 0 Å². The fourth-order valence-electron chi connectivity index (χ4n) is 2.70. The van der Waals surface area contributed by atoms with Crippen LogP contribution < -0.4 is 15.8 Å². The molecule has 0 heterocycles. The lowest BCUT2D eigenvalue weighted by Crippen LogP contribution is -2.19. The molecule has 3 N–H and O–H groups in total. The Hall–Kier alpha value is -2.16. The van der Waals surface area contributed by atoms with Gasteiger partial charge in [0.25, 0.3) is 0 Å². The van der Waals surface area contributed by atoms with E-state index in [9.17, 15) is 0 Å². The summed E-state index contributed by atoms with van der Waals surface area (Å²) in [6.07, 6.45) is 2.14. The van der Waals surface area contributed by atoms with Crippen LogP contribution in [-0.2, 0) is 12.8 Å². The number of nitrogen functional groups attached to an aromatic ring is 1. The highest BCUT2D eigenvalue weighted by atomic mass is 16.5. The van der Waals surface area contributed by atoms with Crippen molar-refractivity contribution < 1.29 is 4.74 Å². The topological polar surface area (TPSA) is 47.3 Å². The molecule has 2 aromatic rings. The molecule has 1 aliphatic carbocycles. The van der Waals surface area contributed by atoms with Gasteiger partial charge in [0.15, 0.2) is 0 Å². The number of fused-ring (bicyclic) bond motifs is 1. The van der Waals surface area contributed by atoms with Gasteiger partial charge in [0.05, 0.1) is 12.8 Å². The fraction of sp³-hybridized carbons (Fsp3) is 0.250. The van der Waals surface area contributed by atoms with E-state index >= 15 is 0 Å². The van der Waals surface area contributed by atoms with Crippen LogP contribution in [0.3, 0.4) is 0 Å². The molecule has 0 fully saturated rings. The molecule has 0 bridgehead atoms. The highest BCUT2D eigenvalue weighted by Gasteiger charge is 2.20. The molecular formula is C16H18N2O. The highest BCUT2D eigenvalue weighted by Crippen LogP contribution is 2.28. The molecule has 0 saturated heterocycles. The monoisotopic (exact) mass is 254 g/mol. The molecule has 1 aliphatic rings. The molecule has 0 unspecified atom stereocenters. The van der Waals surface area contributed by atoms with Gasteiger partial charge in [-0.3, -0.25) is 0 Å².